The Morgan fingerprint density at radius 1 is 1.06 bits per heavy atom. The Bertz CT molecular complexity index is 1200. The third kappa shape index (κ3) is 5.00. The lowest BCUT2D eigenvalue weighted by atomic mass is 10.0. The zero-order valence-corrected chi connectivity index (χ0v) is 18.0. The maximum absolute atomic E-state index is 6.00. The van der Waals surface area contributed by atoms with Gasteiger partial charge in [0.15, 0.2) is 0 Å². The molecule has 1 aliphatic heterocycles. The molecule has 32 heavy (non-hydrogen) atoms. The van der Waals surface area contributed by atoms with E-state index >= 15 is 0 Å². The minimum absolute atomic E-state index is 0.461. The molecule has 1 fully saturated rings. The van der Waals surface area contributed by atoms with Crippen molar-refractivity contribution >= 4 is 22.5 Å². The number of rotatable bonds is 7. The molecular weight excluding hydrogens is 404 g/mol. The lowest BCUT2D eigenvalue weighted by molar-refractivity contribution is 0.0497. The molecule has 7 nitrogen and oxygen atoms in total. The van der Waals surface area contributed by atoms with Gasteiger partial charge in [-0.15, -0.1) is 0 Å². The van der Waals surface area contributed by atoms with Gasteiger partial charge in [-0.25, -0.2) is 4.98 Å². The average Bonchev–Trinajstić information content (AvgIpc) is 3.18. The van der Waals surface area contributed by atoms with Gasteiger partial charge in [-0.3, -0.25) is 0 Å². The SMILES string of the molecule is Cc1cc2cc(Oc3ccnc(Nc4cccc(OCC5CCOCC5)c4)n3)ccc2[nH]1. The van der Waals surface area contributed by atoms with Crippen LogP contribution in [0, 0.1) is 12.8 Å². The predicted molar refractivity (Wildman–Crippen MR) is 124 cm³/mol. The topological polar surface area (TPSA) is 81.3 Å². The van der Waals surface area contributed by atoms with E-state index in [1.54, 1.807) is 12.3 Å². The van der Waals surface area contributed by atoms with E-state index in [-0.39, 0.29) is 0 Å². The highest BCUT2D eigenvalue weighted by Crippen LogP contribution is 2.26. The van der Waals surface area contributed by atoms with Crippen molar-refractivity contribution in [2.45, 2.75) is 19.8 Å². The van der Waals surface area contributed by atoms with E-state index in [9.17, 15) is 0 Å². The fraction of sp³-hybridized carbons (Fsp3) is 0.280. The number of H-pyrrole nitrogens is 1. The molecule has 2 N–H and O–H groups in total. The third-order valence-electron chi connectivity index (χ3n) is 5.50. The van der Waals surface area contributed by atoms with Gasteiger partial charge >= 0.3 is 0 Å². The summed E-state index contributed by atoms with van der Waals surface area (Å²) in [5.74, 6) is 3.03. The first-order valence-electron chi connectivity index (χ1n) is 10.9. The fourth-order valence-corrected chi connectivity index (χ4v) is 3.82. The first-order chi connectivity index (χ1) is 15.7. The fourth-order valence-electron chi connectivity index (χ4n) is 3.82. The van der Waals surface area contributed by atoms with Crippen molar-refractivity contribution in [1.82, 2.24) is 15.0 Å². The quantitative estimate of drug-likeness (QED) is 0.397. The van der Waals surface area contributed by atoms with E-state index < -0.39 is 0 Å². The summed E-state index contributed by atoms with van der Waals surface area (Å²) in [6.07, 6.45) is 3.78. The van der Waals surface area contributed by atoms with Crippen LogP contribution in [0.5, 0.6) is 17.4 Å². The molecule has 2 aromatic carbocycles. The molecule has 0 radical (unpaired) electrons. The molecule has 5 rings (SSSR count). The van der Waals surface area contributed by atoms with Crippen molar-refractivity contribution in [2.24, 2.45) is 5.92 Å². The van der Waals surface area contributed by atoms with E-state index in [0.29, 0.717) is 24.4 Å². The first kappa shape index (κ1) is 20.3. The number of hydrogen-bond acceptors (Lipinski definition) is 6. The van der Waals surface area contributed by atoms with Gasteiger partial charge < -0.3 is 24.5 Å². The summed E-state index contributed by atoms with van der Waals surface area (Å²) in [6.45, 7) is 4.39. The van der Waals surface area contributed by atoms with Crippen molar-refractivity contribution in [1.29, 1.82) is 0 Å². The lowest BCUT2D eigenvalue weighted by Crippen LogP contribution is -2.21. The lowest BCUT2D eigenvalue weighted by Gasteiger charge is -2.22. The molecule has 0 unspecified atom stereocenters. The normalized spacial score (nSPS) is 14.4. The summed E-state index contributed by atoms with van der Waals surface area (Å²) in [4.78, 5) is 12.1. The van der Waals surface area contributed by atoms with Crippen LogP contribution in [0.3, 0.4) is 0 Å². The highest BCUT2D eigenvalue weighted by Gasteiger charge is 2.14. The molecule has 0 saturated carbocycles. The van der Waals surface area contributed by atoms with Crippen LogP contribution in [-0.4, -0.2) is 34.8 Å². The van der Waals surface area contributed by atoms with Gasteiger partial charge in [0, 0.05) is 53.8 Å². The van der Waals surface area contributed by atoms with E-state index in [4.69, 9.17) is 14.2 Å². The van der Waals surface area contributed by atoms with Crippen molar-refractivity contribution in [3.63, 3.8) is 0 Å². The van der Waals surface area contributed by atoms with Crippen LogP contribution in [-0.2, 0) is 4.74 Å². The van der Waals surface area contributed by atoms with Gasteiger partial charge in [-0.1, -0.05) is 6.07 Å². The number of fused-ring (bicyclic) bond motifs is 1. The molecule has 0 amide bonds. The van der Waals surface area contributed by atoms with Crippen LogP contribution in [0.15, 0.2) is 60.8 Å². The maximum atomic E-state index is 6.00. The van der Waals surface area contributed by atoms with Gasteiger partial charge in [-0.2, -0.15) is 4.98 Å². The van der Waals surface area contributed by atoms with Gasteiger partial charge in [0.25, 0.3) is 0 Å². The number of nitrogens with zero attached hydrogens (tertiary/aromatic N) is 2. The zero-order valence-electron chi connectivity index (χ0n) is 18.0. The van der Waals surface area contributed by atoms with Crippen LogP contribution in [0.1, 0.15) is 18.5 Å². The second kappa shape index (κ2) is 9.28. The summed E-state index contributed by atoms with van der Waals surface area (Å²) in [5, 5.41) is 4.34. The Balaban J connectivity index is 1.24. The maximum Gasteiger partial charge on any atom is 0.230 e. The summed E-state index contributed by atoms with van der Waals surface area (Å²) in [5.41, 5.74) is 3.05. The molecule has 0 bridgehead atoms. The van der Waals surface area contributed by atoms with E-state index in [0.717, 1.165) is 59.8 Å². The van der Waals surface area contributed by atoms with Gasteiger partial charge in [0.2, 0.25) is 11.8 Å². The van der Waals surface area contributed by atoms with Gasteiger partial charge in [0.1, 0.15) is 11.5 Å². The second-order valence-electron chi connectivity index (χ2n) is 8.04. The monoisotopic (exact) mass is 430 g/mol. The molecule has 1 saturated heterocycles. The minimum Gasteiger partial charge on any atom is -0.493 e. The van der Waals surface area contributed by atoms with Crippen molar-refractivity contribution < 1.29 is 14.2 Å². The van der Waals surface area contributed by atoms with Crippen molar-refractivity contribution in [3.8, 4) is 17.4 Å². The molecule has 0 aliphatic carbocycles. The minimum atomic E-state index is 0.461. The molecule has 1 aliphatic rings. The molecule has 2 aromatic heterocycles. The van der Waals surface area contributed by atoms with Gasteiger partial charge in [0.05, 0.1) is 6.61 Å². The molecule has 0 spiro atoms. The number of benzene rings is 2. The van der Waals surface area contributed by atoms with Crippen molar-refractivity contribution in [3.05, 3.63) is 66.5 Å². The highest BCUT2D eigenvalue weighted by atomic mass is 16.5. The smallest absolute Gasteiger partial charge is 0.230 e. The molecular formula is C25H26N4O3. The van der Waals surface area contributed by atoms with Crippen LogP contribution >= 0.6 is 0 Å². The van der Waals surface area contributed by atoms with Gasteiger partial charge in [-0.05, 0) is 62.1 Å². The summed E-state index contributed by atoms with van der Waals surface area (Å²) in [7, 11) is 0. The number of aromatic amines is 1. The number of anilines is 2. The van der Waals surface area contributed by atoms with Crippen molar-refractivity contribution in [2.75, 3.05) is 25.1 Å². The van der Waals surface area contributed by atoms with E-state index in [2.05, 4.69) is 26.3 Å². The molecule has 164 valence electrons. The first-order valence-corrected chi connectivity index (χ1v) is 10.9. The Kier molecular flexibility index (Phi) is 5.89. The highest BCUT2D eigenvalue weighted by molar-refractivity contribution is 5.81. The average molecular weight is 431 g/mol. The Morgan fingerprint density at radius 2 is 1.97 bits per heavy atom. The second-order valence-corrected chi connectivity index (χ2v) is 8.04. The van der Waals surface area contributed by atoms with Crippen LogP contribution in [0.2, 0.25) is 0 Å². The molecule has 3 heterocycles. The molecule has 7 heteroatoms. The summed E-state index contributed by atoms with van der Waals surface area (Å²) >= 11 is 0. The number of ether oxygens (including phenoxy) is 3. The Morgan fingerprint density at radius 3 is 2.88 bits per heavy atom. The molecule has 0 atom stereocenters. The largest absolute Gasteiger partial charge is 0.493 e. The van der Waals surface area contributed by atoms with E-state index in [1.807, 2.05) is 49.4 Å². The Labute approximate surface area is 186 Å². The number of aromatic nitrogens is 3. The summed E-state index contributed by atoms with van der Waals surface area (Å²) in [6, 6.07) is 17.6. The number of aryl methyl sites for hydroxylation is 1. The van der Waals surface area contributed by atoms with Crippen LogP contribution in [0.25, 0.3) is 10.9 Å². The number of nitrogens with one attached hydrogen (secondary N) is 2. The Hall–Kier alpha value is -3.58. The zero-order chi connectivity index (χ0) is 21.8. The predicted octanol–water partition coefficient (Wildman–Crippen LogP) is 5.61. The van der Waals surface area contributed by atoms with Crippen LogP contribution in [0.4, 0.5) is 11.6 Å². The number of hydrogen-bond donors (Lipinski definition) is 2. The molecule has 4 aromatic rings. The third-order valence-corrected chi connectivity index (χ3v) is 5.50. The van der Waals surface area contributed by atoms with Crippen LogP contribution < -0.4 is 14.8 Å². The standard InChI is InChI=1S/C25H26N4O3/c1-17-13-19-14-22(5-6-23(19)27-17)32-24-7-10-26-25(29-24)28-20-3-2-4-21(15-20)31-16-18-8-11-30-12-9-18/h2-7,10,13-15,18,27H,8-9,11-12,16H2,1H3,(H,26,28,29). The van der Waals surface area contributed by atoms with E-state index in [1.165, 1.54) is 0 Å². The summed E-state index contributed by atoms with van der Waals surface area (Å²) < 4.78 is 17.4.